The molecule has 3 fully saturated rings. The third-order valence-electron chi connectivity index (χ3n) is 11.5. The number of rotatable bonds is 6. The Balaban J connectivity index is 0.000000168. The zero-order valence-corrected chi connectivity index (χ0v) is 33.3. The standard InChI is InChI=1S/C26H30N4O3.C20H22N4O/c1-17-6-7-20-22(16-17)28-24(21-4-2-3-5-23(21)31)29-25(20)30-12-8-19(9-13-30)27-26(32)18-10-14-33-15-11-18;1-13-6-7-15-17(12-13)22-19(16-4-2-3-5-18(16)25)23-20(15)24-10-8-14(21)9-11-24/h2-7,16,18-19,31H,8-15H2,1H3,(H,27,32);2-7,12,14,25H,8-11,21H2,1H3. The SMILES string of the molecule is Cc1ccc2c(N3CCC(N)CC3)nc(-c3ccccc3O)nc2c1.Cc1ccc2c(N3CCC(NC(=O)C4CCOCC4)CC3)nc(-c3ccccc3O)nc2c1. The molecular weight excluding hydrogens is 729 g/mol. The molecule has 0 spiro atoms. The Morgan fingerprint density at radius 2 is 1.12 bits per heavy atom. The minimum atomic E-state index is 0.0759. The van der Waals surface area contributed by atoms with Crippen LogP contribution in [0.2, 0.25) is 0 Å². The van der Waals surface area contributed by atoms with Crippen molar-refractivity contribution in [1.29, 1.82) is 0 Å². The van der Waals surface area contributed by atoms with Crippen molar-refractivity contribution in [2.45, 2.75) is 64.5 Å². The largest absolute Gasteiger partial charge is 0.507 e. The van der Waals surface area contributed by atoms with Crippen LogP contribution >= 0.6 is 0 Å². The summed E-state index contributed by atoms with van der Waals surface area (Å²) in [6.45, 7) is 8.85. The normalized spacial score (nSPS) is 16.9. The Labute approximate surface area is 339 Å². The molecule has 9 rings (SSSR count). The lowest BCUT2D eigenvalue weighted by atomic mass is 9.97. The number of carbonyl (C=O) groups excluding carboxylic acids is 1. The van der Waals surface area contributed by atoms with E-state index in [1.165, 1.54) is 0 Å². The van der Waals surface area contributed by atoms with Crippen LogP contribution in [0.4, 0.5) is 11.6 Å². The molecule has 12 nitrogen and oxygen atoms in total. The molecule has 6 aromatic rings. The predicted molar refractivity (Wildman–Crippen MR) is 229 cm³/mol. The van der Waals surface area contributed by atoms with E-state index in [2.05, 4.69) is 58.4 Å². The van der Waals surface area contributed by atoms with Crippen LogP contribution in [0.25, 0.3) is 44.6 Å². The maximum atomic E-state index is 12.6. The lowest BCUT2D eigenvalue weighted by molar-refractivity contribution is -0.128. The lowest BCUT2D eigenvalue weighted by Gasteiger charge is -2.34. The van der Waals surface area contributed by atoms with Crippen molar-refractivity contribution in [2.75, 3.05) is 49.2 Å². The van der Waals surface area contributed by atoms with Gasteiger partial charge in [0.05, 0.1) is 22.2 Å². The van der Waals surface area contributed by atoms with Crippen molar-refractivity contribution < 1.29 is 19.7 Å². The van der Waals surface area contributed by atoms with Gasteiger partial charge in [0, 0.05) is 68.2 Å². The van der Waals surface area contributed by atoms with Crippen LogP contribution in [0.1, 0.15) is 49.7 Å². The number of hydrogen-bond donors (Lipinski definition) is 4. The van der Waals surface area contributed by atoms with Crippen molar-refractivity contribution in [1.82, 2.24) is 25.3 Å². The number of fused-ring (bicyclic) bond motifs is 2. The van der Waals surface area contributed by atoms with E-state index in [0.29, 0.717) is 36.0 Å². The fraction of sp³-hybridized carbons (Fsp3) is 0.370. The predicted octanol–water partition coefficient (Wildman–Crippen LogP) is 7.06. The highest BCUT2D eigenvalue weighted by Crippen LogP contribution is 2.35. The molecule has 0 saturated carbocycles. The van der Waals surface area contributed by atoms with Gasteiger partial charge in [-0.05, 0) is 112 Å². The number of phenols is 2. The van der Waals surface area contributed by atoms with Crippen molar-refractivity contribution in [3.8, 4) is 34.3 Å². The van der Waals surface area contributed by atoms with Gasteiger partial charge in [-0.25, -0.2) is 19.9 Å². The lowest BCUT2D eigenvalue weighted by Crippen LogP contribution is -2.47. The number of phenolic OH excluding ortho intramolecular Hbond substituents is 2. The van der Waals surface area contributed by atoms with Crippen molar-refractivity contribution in [2.24, 2.45) is 11.7 Å². The summed E-state index contributed by atoms with van der Waals surface area (Å²) in [5.41, 5.74) is 11.4. The zero-order chi connectivity index (χ0) is 40.2. The number of para-hydroxylation sites is 2. The molecule has 5 heterocycles. The number of benzene rings is 4. The number of amides is 1. The second-order valence-electron chi connectivity index (χ2n) is 15.8. The molecule has 5 N–H and O–H groups in total. The minimum absolute atomic E-state index is 0.0759. The first kappa shape index (κ1) is 39.0. The highest BCUT2D eigenvalue weighted by Gasteiger charge is 2.28. The van der Waals surface area contributed by atoms with E-state index < -0.39 is 0 Å². The Morgan fingerprint density at radius 3 is 1.60 bits per heavy atom. The third kappa shape index (κ3) is 8.68. The number of anilines is 2. The molecule has 0 bridgehead atoms. The Hall–Kier alpha value is -5.85. The molecule has 58 heavy (non-hydrogen) atoms. The fourth-order valence-corrected chi connectivity index (χ4v) is 8.12. The number of aryl methyl sites for hydroxylation is 2. The van der Waals surface area contributed by atoms with E-state index in [4.69, 9.17) is 30.4 Å². The number of nitrogens with zero attached hydrogens (tertiary/aromatic N) is 6. The first-order valence-corrected chi connectivity index (χ1v) is 20.5. The number of piperidine rings is 2. The van der Waals surface area contributed by atoms with Gasteiger partial charge in [0.2, 0.25) is 5.91 Å². The van der Waals surface area contributed by atoms with Gasteiger partial charge >= 0.3 is 0 Å². The first-order chi connectivity index (χ1) is 28.2. The molecule has 2 aromatic heterocycles. The molecule has 3 aliphatic heterocycles. The van der Waals surface area contributed by atoms with E-state index in [9.17, 15) is 15.0 Å². The molecule has 0 aliphatic carbocycles. The van der Waals surface area contributed by atoms with Crippen LogP contribution in [0.3, 0.4) is 0 Å². The van der Waals surface area contributed by atoms with Crippen LogP contribution in [0, 0.1) is 19.8 Å². The third-order valence-corrected chi connectivity index (χ3v) is 11.5. The van der Waals surface area contributed by atoms with Gasteiger partial charge in [-0.3, -0.25) is 4.79 Å². The summed E-state index contributed by atoms with van der Waals surface area (Å²) in [7, 11) is 0. The number of ether oxygens (including phenoxy) is 1. The van der Waals surface area contributed by atoms with Gasteiger partial charge in [0.1, 0.15) is 23.1 Å². The molecule has 3 aliphatic rings. The number of hydrogen-bond acceptors (Lipinski definition) is 11. The summed E-state index contributed by atoms with van der Waals surface area (Å²) in [6, 6.07) is 27.3. The van der Waals surface area contributed by atoms with Crippen molar-refractivity contribution in [3.63, 3.8) is 0 Å². The van der Waals surface area contributed by atoms with E-state index in [0.717, 1.165) is 109 Å². The molecule has 1 amide bonds. The van der Waals surface area contributed by atoms with Crippen molar-refractivity contribution in [3.05, 3.63) is 96.1 Å². The first-order valence-electron chi connectivity index (χ1n) is 20.5. The highest BCUT2D eigenvalue weighted by molar-refractivity contribution is 5.93. The molecule has 12 heteroatoms. The Kier molecular flexibility index (Phi) is 11.7. The van der Waals surface area contributed by atoms with Crippen LogP contribution in [0.5, 0.6) is 11.5 Å². The number of nitrogens with two attached hydrogens (primary N) is 1. The average molecular weight is 781 g/mol. The summed E-state index contributed by atoms with van der Waals surface area (Å²) in [6.07, 6.45) is 5.29. The van der Waals surface area contributed by atoms with E-state index in [1.807, 2.05) is 31.2 Å². The number of aromatic nitrogens is 4. The maximum Gasteiger partial charge on any atom is 0.223 e. The molecule has 3 saturated heterocycles. The van der Waals surface area contributed by atoms with E-state index in [-0.39, 0.29) is 35.4 Å². The number of carbonyl (C=O) groups is 1. The second kappa shape index (κ2) is 17.3. The van der Waals surface area contributed by atoms with Crippen LogP contribution in [0.15, 0.2) is 84.9 Å². The quantitative estimate of drug-likeness (QED) is 0.137. The van der Waals surface area contributed by atoms with Crippen LogP contribution in [-0.4, -0.2) is 87.5 Å². The van der Waals surface area contributed by atoms with Gasteiger partial charge in [-0.15, -0.1) is 0 Å². The average Bonchev–Trinajstić information content (AvgIpc) is 3.24. The molecule has 0 radical (unpaired) electrons. The Bertz CT molecular complexity index is 2400. The molecule has 0 unspecified atom stereocenters. The summed E-state index contributed by atoms with van der Waals surface area (Å²) < 4.78 is 5.38. The molecule has 4 aromatic carbocycles. The van der Waals surface area contributed by atoms with E-state index in [1.54, 1.807) is 24.3 Å². The summed E-state index contributed by atoms with van der Waals surface area (Å²) in [5, 5.41) is 25.9. The van der Waals surface area contributed by atoms with Gasteiger partial charge in [-0.1, -0.05) is 36.4 Å². The molecule has 300 valence electrons. The number of aromatic hydroxyl groups is 2. The van der Waals surface area contributed by atoms with Gasteiger partial charge < -0.3 is 35.8 Å². The maximum absolute atomic E-state index is 12.6. The van der Waals surface area contributed by atoms with Crippen molar-refractivity contribution >= 4 is 39.3 Å². The van der Waals surface area contributed by atoms with Gasteiger partial charge in [-0.2, -0.15) is 0 Å². The monoisotopic (exact) mass is 780 g/mol. The van der Waals surface area contributed by atoms with Gasteiger partial charge in [0.25, 0.3) is 0 Å². The summed E-state index contributed by atoms with van der Waals surface area (Å²) >= 11 is 0. The van der Waals surface area contributed by atoms with Crippen LogP contribution in [-0.2, 0) is 9.53 Å². The Morgan fingerprint density at radius 1 is 0.655 bits per heavy atom. The highest BCUT2D eigenvalue weighted by atomic mass is 16.5. The van der Waals surface area contributed by atoms with Crippen LogP contribution < -0.4 is 20.9 Å². The topological polar surface area (TPSA) is 163 Å². The fourth-order valence-electron chi connectivity index (χ4n) is 8.12. The smallest absolute Gasteiger partial charge is 0.223 e. The van der Waals surface area contributed by atoms with E-state index >= 15 is 0 Å². The molecule has 0 atom stereocenters. The second-order valence-corrected chi connectivity index (χ2v) is 15.8. The summed E-state index contributed by atoms with van der Waals surface area (Å²) in [4.78, 5) is 36.4. The molecular formula is C46H52N8O4. The van der Waals surface area contributed by atoms with Gasteiger partial charge in [0.15, 0.2) is 11.6 Å². The summed E-state index contributed by atoms with van der Waals surface area (Å²) in [5.74, 6) is 3.50. The number of nitrogens with one attached hydrogen (secondary N) is 1. The zero-order valence-electron chi connectivity index (χ0n) is 33.3. The minimum Gasteiger partial charge on any atom is -0.507 e.